The number of ether oxygens (including phenoxy) is 1. The summed E-state index contributed by atoms with van der Waals surface area (Å²) in [6.07, 6.45) is 2.65. The standard InChI is InChI=1S/C31H32ClNO5/c1-21-19-22(5-14-27(21)32)3-2-4-29(35)33-26-12-10-24(11-13-26)23-6-8-25(9-7-23)28(34)20-31(30(36)37)15-17-38-18-16-31/h5-14,19H,2-4,15-18,20H2,1H3,(H,33,35)(H,36,37). The number of aryl methyl sites for hydroxylation is 2. The van der Waals surface area contributed by atoms with Gasteiger partial charge in [-0.1, -0.05) is 60.1 Å². The van der Waals surface area contributed by atoms with E-state index < -0.39 is 11.4 Å². The molecule has 3 aromatic carbocycles. The molecule has 0 aliphatic carbocycles. The molecule has 38 heavy (non-hydrogen) atoms. The Hall–Kier alpha value is -3.48. The topological polar surface area (TPSA) is 92.7 Å². The summed E-state index contributed by atoms with van der Waals surface area (Å²) in [4.78, 5) is 37.1. The third-order valence-electron chi connectivity index (χ3n) is 7.20. The van der Waals surface area contributed by atoms with E-state index in [0.29, 0.717) is 38.0 Å². The lowest BCUT2D eigenvalue weighted by molar-refractivity contribution is -0.154. The van der Waals surface area contributed by atoms with Gasteiger partial charge in [0.25, 0.3) is 0 Å². The Morgan fingerprint density at radius 3 is 2.18 bits per heavy atom. The Kier molecular flexibility index (Phi) is 8.97. The molecule has 6 nitrogen and oxygen atoms in total. The molecule has 0 spiro atoms. The molecule has 1 heterocycles. The Morgan fingerprint density at radius 1 is 0.947 bits per heavy atom. The number of benzene rings is 3. The highest BCUT2D eigenvalue weighted by Crippen LogP contribution is 2.36. The van der Waals surface area contributed by atoms with Crippen LogP contribution < -0.4 is 5.32 Å². The van der Waals surface area contributed by atoms with Crippen LogP contribution in [0.5, 0.6) is 0 Å². The number of carbonyl (C=O) groups is 3. The minimum absolute atomic E-state index is 0.0290. The molecule has 0 aromatic heterocycles. The molecule has 1 amide bonds. The summed E-state index contributed by atoms with van der Waals surface area (Å²) in [6, 6.07) is 20.7. The predicted octanol–water partition coefficient (Wildman–Crippen LogP) is 6.73. The van der Waals surface area contributed by atoms with Crippen molar-refractivity contribution in [3.05, 3.63) is 88.4 Å². The first kappa shape index (κ1) is 27.6. The highest BCUT2D eigenvalue weighted by atomic mass is 35.5. The Morgan fingerprint density at radius 2 is 1.58 bits per heavy atom. The van der Waals surface area contributed by atoms with Crippen LogP contribution in [0, 0.1) is 12.3 Å². The van der Waals surface area contributed by atoms with Gasteiger partial charge in [0.15, 0.2) is 5.78 Å². The number of hydrogen-bond acceptors (Lipinski definition) is 4. The van der Waals surface area contributed by atoms with Gasteiger partial charge in [-0.3, -0.25) is 14.4 Å². The van der Waals surface area contributed by atoms with Crippen molar-refractivity contribution in [2.75, 3.05) is 18.5 Å². The van der Waals surface area contributed by atoms with Gasteiger partial charge >= 0.3 is 5.97 Å². The molecule has 1 aliphatic rings. The van der Waals surface area contributed by atoms with Crippen molar-refractivity contribution in [3.8, 4) is 11.1 Å². The second-order valence-corrected chi connectivity index (χ2v) is 10.3. The number of anilines is 1. The zero-order chi connectivity index (χ0) is 27.1. The summed E-state index contributed by atoms with van der Waals surface area (Å²) in [7, 11) is 0. The first-order valence-electron chi connectivity index (χ1n) is 12.9. The molecule has 1 saturated heterocycles. The maximum Gasteiger partial charge on any atom is 0.310 e. The monoisotopic (exact) mass is 533 g/mol. The Balaban J connectivity index is 1.29. The molecular weight excluding hydrogens is 502 g/mol. The lowest BCUT2D eigenvalue weighted by Gasteiger charge is -2.32. The summed E-state index contributed by atoms with van der Waals surface area (Å²) in [6.45, 7) is 2.69. The lowest BCUT2D eigenvalue weighted by Crippen LogP contribution is -2.39. The molecule has 1 aliphatic heterocycles. The smallest absolute Gasteiger partial charge is 0.310 e. The molecule has 198 valence electrons. The molecular formula is C31H32ClNO5. The van der Waals surface area contributed by atoms with Gasteiger partial charge in [-0.05, 0) is 73.1 Å². The first-order chi connectivity index (χ1) is 18.3. The van der Waals surface area contributed by atoms with Crippen LogP contribution in [0.2, 0.25) is 5.02 Å². The van der Waals surface area contributed by atoms with E-state index in [9.17, 15) is 19.5 Å². The number of halogens is 1. The molecule has 0 bridgehead atoms. The molecule has 7 heteroatoms. The van der Waals surface area contributed by atoms with Crippen molar-refractivity contribution in [2.45, 2.75) is 45.4 Å². The van der Waals surface area contributed by atoms with Crippen LogP contribution in [-0.2, 0) is 20.7 Å². The molecule has 0 saturated carbocycles. The molecule has 4 rings (SSSR count). The molecule has 0 atom stereocenters. The fraction of sp³-hybridized carbons (Fsp3) is 0.323. The van der Waals surface area contributed by atoms with Crippen molar-refractivity contribution < 1.29 is 24.2 Å². The van der Waals surface area contributed by atoms with Gasteiger partial charge in [0.2, 0.25) is 5.91 Å². The number of carboxylic acids is 1. The Bertz CT molecular complexity index is 1290. The zero-order valence-electron chi connectivity index (χ0n) is 21.5. The fourth-order valence-corrected chi connectivity index (χ4v) is 4.89. The zero-order valence-corrected chi connectivity index (χ0v) is 22.2. The summed E-state index contributed by atoms with van der Waals surface area (Å²) < 4.78 is 5.30. The summed E-state index contributed by atoms with van der Waals surface area (Å²) in [5.74, 6) is -1.14. The first-order valence-corrected chi connectivity index (χ1v) is 13.2. The van der Waals surface area contributed by atoms with Crippen molar-refractivity contribution in [1.82, 2.24) is 0 Å². The minimum Gasteiger partial charge on any atom is -0.481 e. The third kappa shape index (κ3) is 6.88. The van der Waals surface area contributed by atoms with E-state index in [1.807, 2.05) is 55.5 Å². The Labute approximate surface area is 228 Å². The summed E-state index contributed by atoms with van der Waals surface area (Å²) >= 11 is 6.07. The summed E-state index contributed by atoms with van der Waals surface area (Å²) in [5.41, 5.74) is 4.26. The highest BCUT2D eigenvalue weighted by Gasteiger charge is 2.42. The number of amides is 1. The van der Waals surface area contributed by atoms with Crippen LogP contribution in [-0.4, -0.2) is 36.0 Å². The van der Waals surface area contributed by atoms with Gasteiger partial charge in [0.05, 0.1) is 5.41 Å². The van der Waals surface area contributed by atoms with E-state index in [4.69, 9.17) is 16.3 Å². The number of carbonyl (C=O) groups excluding carboxylic acids is 2. The quantitative estimate of drug-likeness (QED) is 0.282. The average Bonchev–Trinajstić information content (AvgIpc) is 2.91. The number of hydrogen-bond donors (Lipinski definition) is 2. The molecule has 1 fully saturated rings. The van der Waals surface area contributed by atoms with E-state index in [-0.39, 0.29) is 18.1 Å². The van der Waals surface area contributed by atoms with Gasteiger partial charge in [-0.15, -0.1) is 0 Å². The molecule has 3 aromatic rings. The van der Waals surface area contributed by atoms with E-state index in [2.05, 4.69) is 11.4 Å². The largest absolute Gasteiger partial charge is 0.481 e. The molecule has 0 radical (unpaired) electrons. The maximum atomic E-state index is 12.9. The highest BCUT2D eigenvalue weighted by molar-refractivity contribution is 6.31. The fourth-order valence-electron chi connectivity index (χ4n) is 4.77. The number of Topliss-reactive ketones (excluding diaryl/α,β-unsaturated/α-hetero) is 1. The normalized spacial score (nSPS) is 14.6. The van der Waals surface area contributed by atoms with Gasteiger partial charge in [-0.2, -0.15) is 0 Å². The number of nitrogens with one attached hydrogen (secondary N) is 1. The maximum absolute atomic E-state index is 12.9. The van der Waals surface area contributed by atoms with Gasteiger partial charge in [0.1, 0.15) is 0 Å². The third-order valence-corrected chi connectivity index (χ3v) is 7.63. The summed E-state index contributed by atoms with van der Waals surface area (Å²) in [5, 5.41) is 13.4. The SMILES string of the molecule is Cc1cc(CCCC(=O)Nc2ccc(-c3ccc(C(=O)CC4(C(=O)O)CCOCC4)cc3)cc2)ccc1Cl. The second-order valence-electron chi connectivity index (χ2n) is 9.94. The van der Waals surface area contributed by atoms with Crippen LogP contribution in [0.25, 0.3) is 11.1 Å². The van der Waals surface area contributed by atoms with Gasteiger partial charge < -0.3 is 15.2 Å². The van der Waals surface area contributed by atoms with Gasteiger partial charge in [0, 0.05) is 42.3 Å². The van der Waals surface area contributed by atoms with Crippen molar-refractivity contribution in [2.24, 2.45) is 5.41 Å². The predicted molar refractivity (Wildman–Crippen MR) is 149 cm³/mol. The van der Waals surface area contributed by atoms with Crippen molar-refractivity contribution >= 4 is 34.9 Å². The second kappa shape index (κ2) is 12.4. The average molecular weight is 534 g/mol. The van der Waals surface area contributed by atoms with Crippen LogP contribution in [0.4, 0.5) is 5.69 Å². The lowest BCUT2D eigenvalue weighted by atomic mass is 9.75. The van der Waals surface area contributed by atoms with Crippen LogP contribution in [0.3, 0.4) is 0 Å². The number of ketones is 1. The van der Waals surface area contributed by atoms with Crippen molar-refractivity contribution in [1.29, 1.82) is 0 Å². The van der Waals surface area contributed by atoms with Crippen LogP contribution in [0.1, 0.15) is 53.6 Å². The van der Waals surface area contributed by atoms with E-state index in [1.54, 1.807) is 12.1 Å². The molecule has 2 N–H and O–H groups in total. The van der Waals surface area contributed by atoms with Crippen LogP contribution in [0.15, 0.2) is 66.7 Å². The number of aliphatic carboxylic acids is 1. The van der Waals surface area contributed by atoms with Gasteiger partial charge in [-0.25, -0.2) is 0 Å². The van der Waals surface area contributed by atoms with E-state index >= 15 is 0 Å². The van der Waals surface area contributed by atoms with Crippen LogP contribution >= 0.6 is 11.6 Å². The van der Waals surface area contributed by atoms with E-state index in [0.717, 1.165) is 40.2 Å². The number of rotatable bonds is 10. The van der Waals surface area contributed by atoms with E-state index in [1.165, 1.54) is 5.56 Å². The van der Waals surface area contributed by atoms with Crippen molar-refractivity contribution in [3.63, 3.8) is 0 Å². The minimum atomic E-state index is -1.05. The molecule has 0 unspecified atom stereocenters. The number of carboxylic acid groups (broad SMARTS) is 1.